The Labute approximate surface area is 236 Å². The van der Waals surface area contributed by atoms with E-state index in [1.165, 1.54) is 4.90 Å². The van der Waals surface area contributed by atoms with Gasteiger partial charge in [-0.25, -0.2) is 0 Å². The number of benzene rings is 1. The normalized spacial score (nSPS) is 30.1. The van der Waals surface area contributed by atoms with Gasteiger partial charge in [-0.2, -0.15) is 5.26 Å². The van der Waals surface area contributed by atoms with Crippen molar-refractivity contribution in [2.24, 2.45) is 5.92 Å². The zero-order valence-electron chi connectivity index (χ0n) is 28.2. The van der Waals surface area contributed by atoms with Gasteiger partial charge in [-0.1, -0.05) is 0 Å². The van der Waals surface area contributed by atoms with Gasteiger partial charge in [-0.15, -0.1) is 0 Å². The Morgan fingerprint density at radius 1 is 1.21 bits per heavy atom. The lowest BCUT2D eigenvalue weighted by Crippen LogP contribution is -2.46. The molecule has 8 heteroatoms. The lowest BCUT2D eigenvalue weighted by Gasteiger charge is -2.39. The fraction of sp³-hybridized carbons (Fsp3) is 0.581. The number of aromatic nitrogens is 1. The SMILES string of the molecule is [2H]C([2H])([2H])N(C)C1CCC([C@@]2(C)Oc3c(C)c4c(c(C#N)c3O2)C2(CC2)C([2H])([2H])N(Cc2c(C)cc(C)[nH]c2=O)C4=O)CC1. The number of hydrogen-bond acceptors (Lipinski definition) is 6. The lowest BCUT2D eigenvalue weighted by molar-refractivity contribution is -0.123. The van der Waals surface area contributed by atoms with Gasteiger partial charge in [0.15, 0.2) is 11.5 Å². The minimum absolute atomic E-state index is 0.0936. The van der Waals surface area contributed by atoms with Crippen LogP contribution in [0.5, 0.6) is 11.5 Å². The summed E-state index contributed by atoms with van der Waals surface area (Å²) in [5, 5.41) is 10.5. The molecule has 1 spiro atoms. The summed E-state index contributed by atoms with van der Waals surface area (Å²) >= 11 is 0. The monoisotopic (exact) mass is 535 g/mol. The summed E-state index contributed by atoms with van der Waals surface area (Å²) in [5.74, 6) is -1.28. The van der Waals surface area contributed by atoms with E-state index in [9.17, 15) is 17.6 Å². The van der Waals surface area contributed by atoms with Crippen molar-refractivity contribution in [3.63, 3.8) is 0 Å². The van der Waals surface area contributed by atoms with Crippen LogP contribution in [0.2, 0.25) is 0 Å². The van der Waals surface area contributed by atoms with Crippen LogP contribution >= 0.6 is 0 Å². The van der Waals surface area contributed by atoms with Crippen LogP contribution in [-0.2, 0) is 12.0 Å². The fourth-order valence-corrected chi connectivity index (χ4v) is 6.81. The molecule has 1 N–H and O–H groups in total. The van der Waals surface area contributed by atoms with Gasteiger partial charge in [0.2, 0.25) is 0 Å². The molecule has 2 aromatic rings. The quantitative estimate of drug-likeness (QED) is 0.620. The molecule has 4 aliphatic rings. The number of aryl methyl sites for hydroxylation is 2. The maximum Gasteiger partial charge on any atom is 0.254 e. The van der Waals surface area contributed by atoms with E-state index in [2.05, 4.69) is 11.1 Å². The molecular formula is C31H38N4O4. The van der Waals surface area contributed by atoms with E-state index in [0.29, 0.717) is 72.2 Å². The molecule has 0 saturated heterocycles. The number of ether oxygens (including phenoxy) is 2. The van der Waals surface area contributed by atoms with E-state index in [1.807, 2.05) is 6.92 Å². The molecule has 206 valence electrons. The number of rotatable bonds is 4. The zero-order chi connectivity index (χ0) is 32.1. The number of aromatic amines is 1. The van der Waals surface area contributed by atoms with Gasteiger partial charge in [0.25, 0.3) is 17.3 Å². The van der Waals surface area contributed by atoms with Crippen LogP contribution in [0.4, 0.5) is 0 Å². The van der Waals surface area contributed by atoms with Crippen LogP contribution in [-0.4, -0.2) is 53.0 Å². The maximum atomic E-state index is 14.3. The smallest absolute Gasteiger partial charge is 0.254 e. The fourth-order valence-electron chi connectivity index (χ4n) is 6.81. The van der Waals surface area contributed by atoms with Crippen molar-refractivity contribution in [2.45, 2.75) is 90.0 Å². The summed E-state index contributed by atoms with van der Waals surface area (Å²) < 4.78 is 54.8. The van der Waals surface area contributed by atoms with Crippen molar-refractivity contribution >= 4 is 5.91 Å². The highest BCUT2D eigenvalue weighted by atomic mass is 16.7. The van der Waals surface area contributed by atoms with Crippen LogP contribution in [0, 0.1) is 38.0 Å². The summed E-state index contributed by atoms with van der Waals surface area (Å²) in [6.07, 6.45) is 3.47. The van der Waals surface area contributed by atoms with Crippen LogP contribution < -0.4 is 15.0 Å². The molecule has 2 saturated carbocycles. The second-order valence-electron chi connectivity index (χ2n) is 11.9. The molecular weight excluding hydrogens is 492 g/mol. The first-order chi connectivity index (χ1) is 20.5. The number of nitrogens with zero attached hydrogens (tertiary/aromatic N) is 3. The predicted octanol–water partition coefficient (Wildman–Crippen LogP) is 4.47. The Kier molecular flexibility index (Phi) is 4.67. The molecule has 1 aromatic carbocycles. The van der Waals surface area contributed by atoms with Crippen molar-refractivity contribution in [1.29, 1.82) is 5.26 Å². The van der Waals surface area contributed by atoms with E-state index in [0.717, 1.165) is 4.90 Å². The molecule has 2 fully saturated rings. The number of hydrogen-bond donors (Lipinski definition) is 1. The van der Waals surface area contributed by atoms with E-state index < -0.39 is 30.6 Å². The van der Waals surface area contributed by atoms with Gasteiger partial charge in [0.05, 0.1) is 14.8 Å². The lowest BCUT2D eigenvalue weighted by atomic mass is 9.80. The molecule has 8 nitrogen and oxygen atoms in total. The standard InChI is InChI=1S/C31H38N4O4/c1-17-13-18(2)33-28(36)23(17)15-35-16-31(11-12-31)25-22(14-32)27-26(19(3)24(25)29(35)37)38-30(4,39-27)20-7-9-21(10-8-20)34(5)6/h13,20-21H,7-12,15-16H2,1-6H3,(H,33,36)/t20?,21?,30-/m0/s1/i5D3,16D2. The van der Waals surface area contributed by atoms with Gasteiger partial charge in [0, 0.05) is 51.7 Å². The Morgan fingerprint density at radius 3 is 2.51 bits per heavy atom. The molecule has 39 heavy (non-hydrogen) atoms. The molecule has 0 unspecified atom stereocenters. The van der Waals surface area contributed by atoms with E-state index in [1.54, 1.807) is 33.9 Å². The maximum absolute atomic E-state index is 14.3. The molecule has 0 radical (unpaired) electrons. The van der Waals surface area contributed by atoms with E-state index >= 15 is 0 Å². The van der Waals surface area contributed by atoms with Crippen LogP contribution in [0.1, 0.15) is 96.2 Å². The van der Waals surface area contributed by atoms with Crippen LogP contribution in [0.25, 0.3) is 0 Å². The molecule has 2 aliphatic heterocycles. The number of amides is 1. The summed E-state index contributed by atoms with van der Waals surface area (Å²) in [4.78, 5) is 32.5. The first-order valence-electron chi connectivity index (χ1n) is 16.2. The molecule has 6 rings (SSSR count). The van der Waals surface area contributed by atoms with Gasteiger partial charge in [-0.3, -0.25) is 9.59 Å². The molecule has 2 aliphatic carbocycles. The minimum atomic E-state index is -2.17. The van der Waals surface area contributed by atoms with Crippen LogP contribution in [0.15, 0.2) is 10.9 Å². The molecule has 3 heterocycles. The summed E-state index contributed by atoms with van der Waals surface area (Å²) in [5.41, 5.74) is 1.40. The number of carbonyl (C=O) groups is 1. The molecule has 1 atom stereocenters. The average Bonchev–Trinajstić information content (AvgIpc) is 3.67. The number of carbonyl (C=O) groups excluding carboxylic acids is 1. The highest BCUT2D eigenvalue weighted by molar-refractivity contribution is 6.01. The number of H-pyrrole nitrogens is 1. The van der Waals surface area contributed by atoms with E-state index in [4.69, 9.17) is 13.6 Å². The Morgan fingerprint density at radius 2 is 1.90 bits per heavy atom. The first-order valence-corrected chi connectivity index (χ1v) is 13.7. The van der Waals surface area contributed by atoms with Crippen molar-refractivity contribution < 1.29 is 21.1 Å². The number of nitrogens with one attached hydrogen (secondary N) is 1. The second-order valence-corrected chi connectivity index (χ2v) is 11.9. The summed E-state index contributed by atoms with van der Waals surface area (Å²) in [6.45, 7) is 2.55. The van der Waals surface area contributed by atoms with Crippen molar-refractivity contribution in [1.82, 2.24) is 14.8 Å². The van der Waals surface area contributed by atoms with E-state index in [-0.39, 0.29) is 40.9 Å². The molecule has 0 bridgehead atoms. The Bertz CT molecular complexity index is 1670. The number of nitriles is 1. The largest absolute Gasteiger partial charge is 0.448 e. The topological polar surface area (TPSA) is 98.7 Å². The second kappa shape index (κ2) is 8.85. The molecule has 1 amide bonds. The third kappa shape index (κ3) is 3.97. The highest BCUT2D eigenvalue weighted by Crippen LogP contribution is 2.60. The Balaban J connectivity index is 1.39. The average molecular weight is 536 g/mol. The number of fused-ring (bicyclic) bond motifs is 3. The Hall–Kier alpha value is -3.31. The van der Waals surface area contributed by atoms with Gasteiger partial charge >= 0.3 is 0 Å². The predicted molar refractivity (Wildman–Crippen MR) is 147 cm³/mol. The minimum Gasteiger partial charge on any atom is -0.448 e. The van der Waals surface area contributed by atoms with Gasteiger partial charge in [0.1, 0.15) is 11.6 Å². The van der Waals surface area contributed by atoms with Crippen molar-refractivity contribution in [3.05, 3.63) is 55.5 Å². The summed E-state index contributed by atoms with van der Waals surface area (Å²) in [7, 11) is 1.62. The highest BCUT2D eigenvalue weighted by Gasteiger charge is 2.56. The first kappa shape index (κ1) is 20.6. The van der Waals surface area contributed by atoms with Gasteiger partial charge < -0.3 is 24.3 Å². The molecule has 1 aromatic heterocycles. The third-order valence-corrected chi connectivity index (χ3v) is 9.20. The van der Waals surface area contributed by atoms with Crippen LogP contribution in [0.3, 0.4) is 0 Å². The number of pyridine rings is 1. The van der Waals surface area contributed by atoms with Gasteiger partial charge in [-0.05, 0) is 90.5 Å². The van der Waals surface area contributed by atoms with Crippen molar-refractivity contribution in [3.8, 4) is 17.6 Å². The van der Waals surface area contributed by atoms with Crippen molar-refractivity contribution in [2.75, 3.05) is 20.5 Å². The summed E-state index contributed by atoms with van der Waals surface area (Å²) in [6, 6.07) is 3.94. The zero-order valence-corrected chi connectivity index (χ0v) is 23.2. The third-order valence-electron chi connectivity index (χ3n) is 9.20.